The van der Waals surface area contributed by atoms with Crippen molar-refractivity contribution in [1.29, 1.82) is 0 Å². The van der Waals surface area contributed by atoms with Crippen LogP contribution in [0.2, 0.25) is 0 Å². The molecule has 0 amide bonds. The first-order valence-electron chi connectivity index (χ1n) is 7.58. The fourth-order valence-corrected chi connectivity index (χ4v) is 2.87. The normalized spacial score (nSPS) is 18.1. The van der Waals surface area contributed by atoms with Gasteiger partial charge in [-0.3, -0.25) is 4.79 Å². The van der Waals surface area contributed by atoms with Gasteiger partial charge in [-0.1, -0.05) is 60.3 Å². The third-order valence-electron chi connectivity index (χ3n) is 4.91. The highest BCUT2D eigenvalue weighted by Gasteiger charge is 2.35. The summed E-state index contributed by atoms with van der Waals surface area (Å²) in [6.45, 7) is 12.0. The average Bonchev–Trinajstić information content (AvgIpc) is 2.34. The first-order valence-corrected chi connectivity index (χ1v) is 7.58. The number of ketones is 1. The van der Waals surface area contributed by atoms with E-state index in [4.69, 9.17) is 0 Å². The number of hydrogen-bond donors (Lipinski definition) is 1. The minimum Gasteiger partial charge on any atom is -0.313 e. The molecule has 0 aliphatic heterocycles. The molecule has 0 saturated heterocycles. The molecule has 0 rings (SSSR count). The van der Waals surface area contributed by atoms with Crippen LogP contribution in [-0.4, -0.2) is 19.4 Å². The van der Waals surface area contributed by atoms with Crippen LogP contribution in [-0.2, 0) is 4.79 Å². The van der Waals surface area contributed by atoms with E-state index in [0.29, 0.717) is 36.0 Å². The van der Waals surface area contributed by atoms with E-state index >= 15 is 0 Å². The second-order valence-electron chi connectivity index (χ2n) is 6.08. The lowest BCUT2D eigenvalue weighted by Crippen LogP contribution is -2.34. The molecular formula is C16H33NO. The van der Waals surface area contributed by atoms with Crippen molar-refractivity contribution in [2.24, 2.45) is 17.3 Å². The van der Waals surface area contributed by atoms with Crippen molar-refractivity contribution in [1.82, 2.24) is 5.32 Å². The van der Waals surface area contributed by atoms with E-state index in [2.05, 4.69) is 39.9 Å². The summed E-state index contributed by atoms with van der Waals surface area (Å²) < 4.78 is 0. The summed E-state index contributed by atoms with van der Waals surface area (Å²) in [6.07, 6.45) is 5.71. The summed E-state index contributed by atoms with van der Waals surface area (Å²) in [4.78, 5) is 11.8. The van der Waals surface area contributed by atoms with Crippen LogP contribution in [0.25, 0.3) is 0 Å². The molecule has 0 radical (unpaired) electrons. The van der Waals surface area contributed by atoms with Gasteiger partial charge in [0, 0.05) is 6.42 Å². The van der Waals surface area contributed by atoms with E-state index in [-0.39, 0.29) is 0 Å². The first kappa shape index (κ1) is 17.6. The smallest absolute Gasteiger partial charge is 0.146 e. The maximum absolute atomic E-state index is 11.8. The molecule has 1 N–H and O–H groups in total. The topological polar surface area (TPSA) is 29.1 Å². The Kier molecular flexibility index (Phi) is 8.51. The van der Waals surface area contributed by atoms with Crippen molar-refractivity contribution in [2.75, 3.05) is 13.6 Å². The number of hydrogen-bond acceptors (Lipinski definition) is 2. The molecule has 0 heterocycles. The van der Waals surface area contributed by atoms with Gasteiger partial charge in [-0.15, -0.1) is 0 Å². The summed E-state index contributed by atoms with van der Waals surface area (Å²) in [5, 5.41) is 2.96. The number of likely N-dealkylation sites (N-methyl/N-ethyl adjacent to an activating group) is 1. The molecule has 0 aliphatic carbocycles. The van der Waals surface area contributed by atoms with Crippen molar-refractivity contribution in [3.63, 3.8) is 0 Å². The summed E-state index contributed by atoms with van der Waals surface area (Å²) >= 11 is 0. The molecule has 0 aromatic carbocycles. The van der Waals surface area contributed by atoms with E-state index in [0.717, 1.165) is 6.42 Å². The maximum Gasteiger partial charge on any atom is 0.146 e. The van der Waals surface area contributed by atoms with E-state index in [1.807, 2.05) is 7.05 Å². The molecule has 108 valence electrons. The molecule has 0 aromatic heterocycles. The Morgan fingerprint density at radius 1 is 1.22 bits per heavy atom. The molecule has 0 aromatic rings. The van der Waals surface area contributed by atoms with Gasteiger partial charge in [0.15, 0.2) is 0 Å². The number of carbonyl (C=O) groups is 1. The fraction of sp³-hybridized carbons (Fsp3) is 0.938. The summed E-state index contributed by atoms with van der Waals surface area (Å²) in [6, 6.07) is 0. The number of unbranched alkanes of at least 4 members (excludes halogenated alkanes) is 1. The molecule has 3 unspecified atom stereocenters. The third kappa shape index (κ3) is 5.09. The van der Waals surface area contributed by atoms with Gasteiger partial charge in [0.05, 0.1) is 6.54 Å². The Hall–Kier alpha value is -0.370. The lowest BCUT2D eigenvalue weighted by molar-refractivity contribution is -0.120. The maximum atomic E-state index is 11.8. The molecule has 0 spiro atoms. The zero-order valence-corrected chi connectivity index (χ0v) is 13.3. The molecule has 2 nitrogen and oxygen atoms in total. The largest absolute Gasteiger partial charge is 0.313 e. The van der Waals surface area contributed by atoms with Crippen molar-refractivity contribution in [3.8, 4) is 0 Å². The predicted octanol–water partition coefficient (Wildman–Crippen LogP) is 4.04. The number of Topliss-reactive ketones (excluding diaryl/α,β-unsaturated/α-hetero) is 1. The highest BCUT2D eigenvalue weighted by atomic mass is 16.1. The van der Waals surface area contributed by atoms with Crippen LogP contribution in [0.3, 0.4) is 0 Å². The molecule has 18 heavy (non-hydrogen) atoms. The van der Waals surface area contributed by atoms with Gasteiger partial charge in [0.1, 0.15) is 5.78 Å². The SMILES string of the molecule is CCCCC(C)C(C)(CC)C(C)CC(=O)CNC. The predicted molar refractivity (Wildman–Crippen MR) is 79.8 cm³/mol. The Morgan fingerprint density at radius 3 is 2.28 bits per heavy atom. The van der Waals surface area contributed by atoms with Gasteiger partial charge < -0.3 is 5.32 Å². The van der Waals surface area contributed by atoms with Crippen LogP contribution in [0.1, 0.15) is 66.7 Å². The lowest BCUT2D eigenvalue weighted by Gasteiger charge is -2.40. The molecule has 2 heteroatoms. The Bertz CT molecular complexity index is 239. The van der Waals surface area contributed by atoms with E-state index < -0.39 is 0 Å². The standard InChI is InChI=1S/C16H33NO/c1-7-9-10-13(3)16(5,8-2)14(4)11-15(18)12-17-6/h13-14,17H,7-12H2,1-6H3. The van der Waals surface area contributed by atoms with E-state index in [9.17, 15) is 4.79 Å². The first-order chi connectivity index (χ1) is 8.42. The number of rotatable bonds is 10. The van der Waals surface area contributed by atoms with E-state index in [1.165, 1.54) is 19.3 Å². The number of carbonyl (C=O) groups excluding carboxylic acids is 1. The molecule has 0 aliphatic rings. The zero-order chi connectivity index (χ0) is 14.2. The quantitative estimate of drug-likeness (QED) is 0.638. The van der Waals surface area contributed by atoms with Gasteiger partial charge in [-0.05, 0) is 24.3 Å². The van der Waals surface area contributed by atoms with Crippen LogP contribution < -0.4 is 5.32 Å². The van der Waals surface area contributed by atoms with Gasteiger partial charge in [-0.25, -0.2) is 0 Å². The van der Waals surface area contributed by atoms with Crippen molar-refractivity contribution in [3.05, 3.63) is 0 Å². The minimum atomic E-state index is 0.290. The van der Waals surface area contributed by atoms with Crippen LogP contribution in [0, 0.1) is 17.3 Å². The lowest BCUT2D eigenvalue weighted by atomic mass is 9.64. The highest BCUT2D eigenvalue weighted by molar-refractivity contribution is 5.80. The summed E-state index contributed by atoms with van der Waals surface area (Å²) in [7, 11) is 1.84. The van der Waals surface area contributed by atoms with Crippen molar-refractivity contribution < 1.29 is 4.79 Å². The Labute approximate surface area is 114 Å². The molecule has 3 atom stereocenters. The van der Waals surface area contributed by atoms with Gasteiger partial charge in [0.2, 0.25) is 0 Å². The summed E-state index contributed by atoms with van der Waals surface area (Å²) in [5.74, 6) is 1.50. The molecule has 0 saturated carbocycles. The zero-order valence-electron chi connectivity index (χ0n) is 13.3. The molecule has 0 fully saturated rings. The van der Waals surface area contributed by atoms with Crippen LogP contribution in [0.4, 0.5) is 0 Å². The van der Waals surface area contributed by atoms with Crippen molar-refractivity contribution in [2.45, 2.75) is 66.7 Å². The molecule has 0 bridgehead atoms. The van der Waals surface area contributed by atoms with Gasteiger partial charge in [-0.2, -0.15) is 0 Å². The minimum absolute atomic E-state index is 0.290. The number of nitrogens with one attached hydrogen (secondary N) is 1. The fourth-order valence-electron chi connectivity index (χ4n) is 2.87. The van der Waals surface area contributed by atoms with Crippen LogP contribution in [0.5, 0.6) is 0 Å². The second kappa shape index (κ2) is 8.68. The van der Waals surface area contributed by atoms with Gasteiger partial charge >= 0.3 is 0 Å². The molecular weight excluding hydrogens is 222 g/mol. The average molecular weight is 255 g/mol. The highest BCUT2D eigenvalue weighted by Crippen LogP contribution is 2.42. The Morgan fingerprint density at radius 2 is 1.83 bits per heavy atom. The summed E-state index contributed by atoms with van der Waals surface area (Å²) in [5.41, 5.74) is 0.290. The van der Waals surface area contributed by atoms with Crippen LogP contribution >= 0.6 is 0 Å². The van der Waals surface area contributed by atoms with Crippen LogP contribution in [0.15, 0.2) is 0 Å². The van der Waals surface area contributed by atoms with Crippen molar-refractivity contribution >= 4 is 5.78 Å². The third-order valence-corrected chi connectivity index (χ3v) is 4.91. The monoisotopic (exact) mass is 255 g/mol. The van der Waals surface area contributed by atoms with Gasteiger partial charge in [0.25, 0.3) is 0 Å². The Balaban J connectivity index is 4.54. The second-order valence-corrected chi connectivity index (χ2v) is 6.08. The van der Waals surface area contributed by atoms with E-state index in [1.54, 1.807) is 0 Å².